The lowest BCUT2D eigenvalue weighted by atomic mass is 9.78. The molecule has 3 aromatic carbocycles. The number of rotatable bonds is 4. The summed E-state index contributed by atoms with van der Waals surface area (Å²) in [5.74, 6) is 1.17. The minimum Gasteiger partial charge on any atom is -0.494 e. The van der Waals surface area contributed by atoms with Gasteiger partial charge in [0.2, 0.25) is 0 Å². The second-order valence-corrected chi connectivity index (χ2v) is 8.05. The summed E-state index contributed by atoms with van der Waals surface area (Å²) in [5.41, 5.74) is 5.99. The van der Waals surface area contributed by atoms with E-state index in [1.54, 1.807) is 0 Å². The molecule has 5 rings (SSSR count). The van der Waals surface area contributed by atoms with E-state index in [0.717, 1.165) is 40.4 Å². The summed E-state index contributed by atoms with van der Waals surface area (Å²) >= 11 is 0. The first-order valence-electron chi connectivity index (χ1n) is 10.9. The summed E-state index contributed by atoms with van der Waals surface area (Å²) in [6.07, 6.45) is 1.31. The highest BCUT2D eigenvalue weighted by molar-refractivity contribution is 6.01. The maximum Gasteiger partial charge on any atom is 0.163 e. The molecule has 156 valence electrons. The molecule has 2 N–H and O–H groups in total. The molecule has 3 aromatic rings. The standard InChI is InChI=1S/C27H26N2O2/c1-2-31-25-15-9-6-12-20(25)27-26-23(28-21-13-7-8-14-22(21)29-27)16-19(17-24(26)30)18-10-4-3-5-11-18/h3-15,19,27-29H,2,16-17H2,1H3. The Morgan fingerprint density at radius 3 is 2.39 bits per heavy atom. The van der Waals surface area contributed by atoms with Crippen LogP contribution in [0.4, 0.5) is 11.4 Å². The largest absolute Gasteiger partial charge is 0.494 e. The van der Waals surface area contributed by atoms with Crippen LogP contribution in [0.2, 0.25) is 0 Å². The third-order valence-corrected chi connectivity index (χ3v) is 6.11. The number of carbonyl (C=O) groups is 1. The van der Waals surface area contributed by atoms with E-state index < -0.39 is 0 Å². The Hall–Kier alpha value is -3.53. The summed E-state index contributed by atoms with van der Waals surface area (Å²) < 4.78 is 5.93. The monoisotopic (exact) mass is 410 g/mol. The predicted octanol–water partition coefficient (Wildman–Crippen LogP) is 6.06. The molecular weight excluding hydrogens is 384 g/mol. The Morgan fingerprint density at radius 2 is 1.58 bits per heavy atom. The van der Waals surface area contributed by atoms with Crippen LogP contribution >= 0.6 is 0 Å². The van der Waals surface area contributed by atoms with Crippen molar-refractivity contribution >= 4 is 17.2 Å². The van der Waals surface area contributed by atoms with E-state index in [-0.39, 0.29) is 17.7 Å². The lowest BCUT2D eigenvalue weighted by molar-refractivity contribution is -0.116. The van der Waals surface area contributed by atoms with E-state index in [4.69, 9.17) is 4.74 Å². The second kappa shape index (κ2) is 8.31. The van der Waals surface area contributed by atoms with Gasteiger partial charge in [-0.1, -0.05) is 60.7 Å². The molecule has 0 saturated heterocycles. The SMILES string of the molecule is CCOc1ccccc1C1Nc2ccccc2NC2=C1C(=O)CC(c1ccccc1)C2. The number of hydrogen-bond donors (Lipinski definition) is 2. The molecule has 0 spiro atoms. The molecule has 0 bridgehead atoms. The zero-order valence-corrected chi connectivity index (χ0v) is 17.6. The van der Waals surface area contributed by atoms with E-state index in [0.29, 0.717) is 13.0 Å². The van der Waals surface area contributed by atoms with Gasteiger partial charge in [0.05, 0.1) is 24.0 Å². The van der Waals surface area contributed by atoms with Gasteiger partial charge in [0.25, 0.3) is 0 Å². The molecule has 2 unspecified atom stereocenters. The van der Waals surface area contributed by atoms with E-state index in [9.17, 15) is 4.79 Å². The first kappa shape index (κ1) is 19.4. The Bertz CT molecular complexity index is 1140. The number of allylic oxidation sites excluding steroid dienone is 1. The summed E-state index contributed by atoms with van der Waals surface area (Å²) in [6.45, 7) is 2.56. The first-order chi connectivity index (χ1) is 15.2. The normalized spacial score (nSPS) is 20.1. The van der Waals surface area contributed by atoms with Gasteiger partial charge in [0, 0.05) is 23.3 Å². The lowest BCUT2D eigenvalue weighted by Gasteiger charge is -2.30. The summed E-state index contributed by atoms with van der Waals surface area (Å²) in [4.78, 5) is 13.6. The van der Waals surface area contributed by atoms with Crippen molar-refractivity contribution in [2.24, 2.45) is 0 Å². The van der Waals surface area contributed by atoms with Crippen LogP contribution in [-0.2, 0) is 4.79 Å². The number of para-hydroxylation sites is 3. The third-order valence-electron chi connectivity index (χ3n) is 6.11. The number of anilines is 2. The molecule has 4 nitrogen and oxygen atoms in total. The van der Waals surface area contributed by atoms with Crippen LogP contribution in [0.15, 0.2) is 90.1 Å². The van der Waals surface area contributed by atoms with E-state index in [2.05, 4.69) is 41.0 Å². The van der Waals surface area contributed by atoms with Gasteiger partial charge in [0.1, 0.15) is 5.75 Å². The highest BCUT2D eigenvalue weighted by Gasteiger charge is 2.36. The fraction of sp³-hybridized carbons (Fsp3) is 0.222. The third kappa shape index (κ3) is 3.70. The number of benzene rings is 3. The Morgan fingerprint density at radius 1 is 0.871 bits per heavy atom. The smallest absolute Gasteiger partial charge is 0.163 e. The average molecular weight is 411 g/mol. The lowest BCUT2D eigenvalue weighted by Crippen LogP contribution is -2.27. The number of fused-ring (bicyclic) bond motifs is 1. The second-order valence-electron chi connectivity index (χ2n) is 8.05. The molecule has 0 radical (unpaired) electrons. The van der Waals surface area contributed by atoms with Crippen molar-refractivity contribution < 1.29 is 9.53 Å². The van der Waals surface area contributed by atoms with Crippen LogP contribution in [-0.4, -0.2) is 12.4 Å². The van der Waals surface area contributed by atoms with Crippen molar-refractivity contribution in [3.8, 4) is 5.75 Å². The molecule has 31 heavy (non-hydrogen) atoms. The van der Waals surface area contributed by atoms with Gasteiger partial charge in [-0.2, -0.15) is 0 Å². The highest BCUT2D eigenvalue weighted by Crippen LogP contribution is 2.45. The van der Waals surface area contributed by atoms with Gasteiger partial charge in [0.15, 0.2) is 5.78 Å². The van der Waals surface area contributed by atoms with Crippen molar-refractivity contribution in [1.29, 1.82) is 0 Å². The summed E-state index contributed by atoms with van der Waals surface area (Å²) in [7, 11) is 0. The Kier molecular flexibility index (Phi) is 5.21. The van der Waals surface area contributed by atoms with Crippen molar-refractivity contribution in [3.63, 3.8) is 0 Å². The molecule has 0 fully saturated rings. The zero-order chi connectivity index (χ0) is 21.2. The molecule has 1 heterocycles. The van der Waals surface area contributed by atoms with Crippen LogP contribution < -0.4 is 15.4 Å². The number of carbonyl (C=O) groups excluding carboxylic acids is 1. The number of nitrogens with one attached hydrogen (secondary N) is 2. The minimum absolute atomic E-state index is 0.174. The van der Waals surface area contributed by atoms with Crippen molar-refractivity contribution in [1.82, 2.24) is 0 Å². The quantitative estimate of drug-likeness (QED) is 0.548. The molecule has 2 atom stereocenters. The average Bonchev–Trinajstić information content (AvgIpc) is 2.97. The highest BCUT2D eigenvalue weighted by atomic mass is 16.5. The van der Waals surface area contributed by atoms with E-state index in [1.165, 1.54) is 5.56 Å². The fourth-order valence-corrected chi connectivity index (χ4v) is 4.69. The maximum atomic E-state index is 13.6. The maximum absolute atomic E-state index is 13.6. The van der Waals surface area contributed by atoms with Gasteiger partial charge < -0.3 is 15.4 Å². The van der Waals surface area contributed by atoms with Crippen molar-refractivity contribution in [2.45, 2.75) is 31.7 Å². The number of ether oxygens (including phenoxy) is 1. The molecule has 2 aliphatic rings. The van der Waals surface area contributed by atoms with Crippen LogP contribution in [0.5, 0.6) is 5.75 Å². The van der Waals surface area contributed by atoms with Gasteiger partial charge in [-0.3, -0.25) is 4.79 Å². The molecule has 0 amide bonds. The molecule has 1 aliphatic carbocycles. The van der Waals surface area contributed by atoms with Crippen molar-refractivity contribution in [2.75, 3.05) is 17.2 Å². The van der Waals surface area contributed by atoms with Crippen LogP contribution in [0.1, 0.15) is 42.9 Å². The van der Waals surface area contributed by atoms with Crippen LogP contribution in [0.3, 0.4) is 0 Å². The van der Waals surface area contributed by atoms with Crippen molar-refractivity contribution in [3.05, 3.63) is 101 Å². The topological polar surface area (TPSA) is 50.4 Å². The molecule has 1 aliphatic heterocycles. The van der Waals surface area contributed by atoms with Gasteiger partial charge in [-0.25, -0.2) is 0 Å². The molecular formula is C27H26N2O2. The summed E-state index contributed by atoms with van der Waals surface area (Å²) in [5, 5.41) is 7.24. The summed E-state index contributed by atoms with van der Waals surface area (Å²) in [6, 6.07) is 26.2. The number of Topliss-reactive ketones (excluding diaryl/α,β-unsaturated/α-hetero) is 1. The Balaban J connectivity index is 1.63. The number of hydrogen-bond acceptors (Lipinski definition) is 4. The van der Waals surface area contributed by atoms with Crippen LogP contribution in [0.25, 0.3) is 0 Å². The van der Waals surface area contributed by atoms with Gasteiger partial charge in [-0.15, -0.1) is 0 Å². The zero-order valence-electron chi connectivity index (χ0n) is 17.6. The minimum atomic E-state index is -0.266. The Labute approximate surface area is 183 Å². The molecule has 4 heteroatoms. The van der Waals surface area contributed by atoms with E-state index in [1.807, 2.05) is 55.5 Å². The number of ketones is 1. The van der Waals surface area contributed by atoms with E-state index >= 15 is 0 Å². The molecule has 0 saturated carbocycles. The fourth-order valence-electron chi connectivity index (χ4n) is 4.69. The predicted molar refractivity (Wildman–Crippen MR) is 124 cm³/mol. The van der Waals surface area contributed by atoms with Gasteiger partial charge in [-0.05, 0) is 43.0 Å². The first-order valence-corrected chi connectivity index (χ1v) is 10.9. The molecule has 0 aromatic heterocycles. The van der Waals surface area contributed by atoms with Crippen LogP contribution in [0, 0.1) is 0 Å². The van der Waals surface area contributed by atoms with Gasteiger partial charge >= 0.3 is 0 Å².